The SMILES string of the molecule is Cc1sc(NC(=O)C2CCCO2)nc1-c1ccc(F)cc1. The number of aryl methyl sites for hydroxylation is 1. The Balaban J connectivity index is 1.77. The molecule has 0 aliphatic carbocycles. The second-order valence-corrected chi connectivity index (χ2v) is 6.12. The molecule has 1 aromatic carbocycles. The number of nitrogens with one attached hydrogen (secondary N) is 1. The number of rotatable bonds is 3. The molecule has 1 fully saturated rings. The maximum Gasteiger partial charge on any atom is 0.255 e. The molecule has 1 saturated heterocycles. The molecule has 0 radical (unpaired) electrons. The monoisotopic (exact) mass is 306 g/mol. The Morgan fingerprint density at radius 2 is 2.19 bits per heavy atom. The van der Waals surface area contributed by atoms with Gasteiger partial charge in [-0.15, -0.1) is 11.3 Å². The minimum Gasteiger partial charge on any atom is -0.368 e. The number of ether oxygens (including phenoxy) is 1. The summed E-state index contributed by atoms with van der Waals surface area (Å²) >= 11 is 1.41. The van der Waals surface area contributed by atoms with Gasteiger partial charge in [0.25, 0.3) is 5.91 Å². The fourth-order valence-corrected chi connectivity index (χ4v) is 3.13. The van der Waals surface area contributed by atoms with Gasteiger partial charge < -0.3 is 4.74 Å². The first-order chi connectivity index (χ1) is 10.1. The third-order valence-corrected chi connectivity index (χ3v) is 4.25. The molecule has 0 saturated carbocycles. The zero-order valence-electron chi connectivity index (χ0n) is 11.6. The molecule has 1 atom stereocenters. The predicted molar refractivity (Wildman–Crippen MR) is 79.8 cm³/mol. The van der Waals surface area contributed by atoms with Crippen LogP contribution in [-0.2, 0) is 9.53 Å². The molecule has 2 aromatic rings. The van der Waals surface area contributed by atoms with Crippen LogP contribution in [-0.4, -0.2) is 23.6 Å². The zero-order valence-corrected chi connectivity index (χ0v) is 12.4. The highest BCUT2D eigenvalue weighted by molar-refractivity contribution is 7.16. The van der Waals surface area contributed by atoms with Crippen LogP contribution in [0.4, 0.5) is 9.52 Å². The van der Waals surface area contributed by atoms with Gasteiger partial charge in [0.1, 0.15) is 11.9 Å². The summed E-state index contributed by atoms with van der Waals surface area (Å²) in [6.07, 6.45) is 1.29. The van der Waals surface area contributed by atoms with Crippen molar-refractivity contribution in [2.24, 2.45) is 0 Å². The number of halogens is 1. The van der Waals surface area contributed by atoms with Crippen LogP contribution in [0, 0.1) is 12.7 Å². The second-order valence-electron chi connectivity index (χ2n) is 4.92. The average molecular weight is 306 g/mol. The van der Waals surface area contributed by atoms with Crippen LogP contribution in [0.2, 0.25) is 0 Å². The Labute approximate surface area is 126 Å². The Hall–Kier alpha value is -1.79. The summed E-state index contributed by atoms with van der Waals surface area (Å²) in [6.45, 7) is 2.56. The van der Waals surface area contributed by atoms with Crippen molar-refractivity contribution in [1.29, 1.82) is 0 Å². The van der Waals surface area contributed by atoms with Gasteiger partial charge in [-0.2, -0.15) is 0 Å². The third kappa shape index (κ3) is 3.11. The lowest BCUT2D eigenvalue weighted by Gasteiger charge is -2.07. The van der Waals surface area contributed by atoms with Gasteiger partial charge in [-0.3, -0.25) is 10.1 Å². The number of hydrogen-bond acceptors (Lipinski definition) is 4. The molecule has 110 valence electrons. The van der Waals surface area contributed by atoms with E-state index < -0.39 is 0 Å². The molecular weight excluding hydrogens is 291 g/mol. The summed E-state index contributed by atoms with van der Waals surface area (Å²) in [5.41, 5.74) is 1.60. The van der Waals surface area contributed by atoms with Gasteiger partial charge in [0.2, 0.25) is 0 Å². The van der Waals surface area contributed by atoms with Gasteiger partial charge in [-0.25, -0.2) is 9.37 Å². The van der Waals surface area contributed by atoms with Crippen LogP contribution >= 0.6 is 11.3 Å². The Morgan fingerprint density at radius 1 is 1.43 bits per heavy atom. The van der Waals surface area contributed by atoms with Crippen molar-refractivity contribution in [3.8, 4) is 11.3 Å². The van der Waals surface area contributed by atoms with Crippen molar-refractivity contribution in [2.45, 2.75) is 25.9 Å². The average Bonchev–Trinajstić information content (AvgIpc) is 3.10. The smallest absolute Gasteiger partial charge is 0.255 e. The van der Waals surface area contributed by atoms with Crippen LogP contribution in [0.25, 0.3) is 11.3 Å². The van der Waals surface area contributed by atoms with Crippen molar-refractivity contribution in [3.05, 3.63) is 35.0 Å². The Kier molecular flexibility index (Phi) is 3.98. The quantitative estimate of drug-likeness (QED) is 0.946. The van der Waals surface area contributed by atoms with E-state index in [1.807, 2.05) is 6.92 Å². The van der Waals surface area contributed by atoms with Gasteiger partial charge in [-0.1, -0.05) is 0 Å². The lowest BCUT2D eigenvalue weighted by Crippen LogP contribution is -2.26. The van der Waals surface area contributed by atoms with Crippen LogP contribution in [0.15, 0.2) is 24.3 Å². The molecule has 21 heavy (non-hydrogen) atoms. The number of aromatic nitrogens is 1. The minimum absolute atomic E-state index is 0.146. The number of thiazole rings is 1. The highest BCUT2D eigenvalue weighted by atomic mass is 32.1. The second kappa shape index (κ2) is 5.91. The van der Waals surface area contributed by atoms with E-state index in [2.05, 4.69) is 10.3 Å². The maximum atomic E-state index is 13.0. The van der Waals surface area contributed by atoms with Crippen molar-refractivity contribution in [3.63, 3.8) is 0 Å². The number of amides is 1. The minimum atomic E-state index is -0.372. The van der Waals surface area contributed by atoms with Gasteiger partial charge in [0.05, 0.1) is 5.69 Å². The standard InChI is InChI=1S/C15H15FN2O2S/c1-9-13(10-4-6-11(16)7-5-10)17-15(21-9)18-14(19)12-3-2-8-20-12/h4-7,12H,2-3,8H2,1H3,(H,17,18,19). The molecular formula is C15H15FN2O2S. The van der Waals surface area contributed by atoms with Gasteiger partial charge >= 0.3 is 0 Å². The van der Waals surface area contributed by atoms with Crippen LogP contribution in [0.5, 0.6) is 0 Å². The summed E-state index contributed by atoms with van der Waals surface area (Å²) in [5, 5.41) is 3.34. The van der Waals surface area contributed by atoms with Gasteiger partial charge in [-0.05, 0) is 44.0 Å². The van der Waals surface area contributed by atoms with E-state index in [0.717, 1.165) is 29.0 Å². The molecule has 1 aliphatic heterocycles. The Morgan fingerprint density at radius 3 is 2.86 bits per heavy atom. The van der Waals surface area contributed by atoms with Crippen molar-refractivity contribution < 1.29 is 13.9 Å². The number of nitrogens with zero attached hydrogens (tertiary/aromatic N) is 1. The number of hydrogen-bond donors (Lipinski definition) is 1. The molecule has 2 heterocycles. The highest BCUT2D eigenvalue weighted by Gasteiger charge is 2.24. The lowest BCUT2D eigenvalue weighted by atomic mass is 10.1. The number of anilines is 1. The first-order valence-corrected chi connectivity index (χ1v) is 7.61. The maximum absolute atomic E-state index is 13.0. The number of benzene rings is 1. The van der Waals surface area contributed by atoms with E-state index in [1.54, 1.807) is 12.1 Å². The summed E-state index contributed by atoms with van der Waals surface area (Å²) in [6, 6.07) is 6.17. The van der Waals surface area contributed by atoms with E-state index in [1.165, 1.54) is 23.5 Å². The lowest BCUT2D eigenvalue weighted by molar-refractivity contribution is -0.124. The molecule has 1 amide bonds. The van der Waals surface area contributed by atoms with E-state index in [9.17, 15) is 9.18 Å². The van der Waals surface area contributed by atoms with Gasteiger partial charge in [0.15, 0.2) is 5.13 Å². The molecule has 0 bridgehead atoms. The van der Waals surface area contributed by atoms with E-state index in [0.29, 0.717) is 11.7 Å². The summed E-state index contributed by atoms with van der Waals surface area (Å²) in [4.78, 5) is 17.4. The first kappa shape index (κ1) is 14.2. The number of carbonyl (C=O) groups excluding carboxylic acids is 1. The topological polar surface area (TPSA) is 51.2 Å². The largest absolute Gasteiger partial charge is 0.368 e. The van der Waals surface area contributed by atoms with E-state index in [-0.39, 0.29) is 17.8 Å². The van der Waals surface area contributed by atoms with Gasteiger partial charge in [0, 0.05) is 17.0 Å². The molecule has 1 aliphatic rings. The molecule has 4 nitrogen and oxygen atoms in total. The molecule has 6 heteroatoms. The third-order valence-electron chi connectivity index (χ3n) is 3.37. The summed E-state index contributed by atoms with van der Waals surface area (Å²) < 4.78 is 18.3. The first-order valence-electron chi connectivity index (χ1n) is 6.79. The van der Waals surface area contributed by atoms with E-state index >= 15 is 0 Å². The molecule has 1 aromatic heterocycles. The fraction of sp³-hybridized carbons (Fsp3) is 0.333. The predicted octanol–water partition coefficient (Wildman–Crippen LogP) is 3.38. The van der Waals surface area contributed by atoms with Crippen LogP contribution < -0.4 is 5.32 Å². The Bertz CT molecular complexity index is 648. The fourth-order valence-electron chi connectivity index (χ4n) is 2.30. The molecule has 0 spiro atoms. The van der Waals surface area contributed by atoms with Crippen molar-refractivity contribution in [1.82, 2.24) is 4.98 Å². The summed E-state index contributed by atoms with van der Waals surface area (Å²) in [5.74, 6) is -0.426. The van der Waals surface area contributed by atoms with Crippen LogP contribution in [0.1, 0.15) is 17.7 Å². The zero-order chi connectivity index (χ0) is 14.8. The highest BCUT2D eigenvalue weighted by Crippen LogP contribution is 2.30. The van der Waals surface area contributed by atoms with Crippen molar-refractivity contribution >= 4 is 22.4 Å². The number of carbonyl (C=O) groups is 1. The van der Waals surface area contributed by atoms with Crippen LogP contribution in [0.3, 0.4) is 0 Å². The molecule has 3 rings (SSSR count). The molecule has 1 N–H and O–H groups in total. The normalized spacial score (nSPS) is 17.9. The van der Waals surface area contributed by atoms with E-state index in [4.69, 9.17) is 4.74 Å². The summed E-state index contributed by atoms with van der Waals surface area (Å²) in [7, 11) is 0. The molecule has 1 unspecified atom stereocenters. The van der Waals surface area contributed by atoms with Crippen molar-refractivity contribution in [2.75, 3.05) is 11.9 Å².